The fourth-order valence-electron chi connectivity index (χ4n) is 1.81. The normalized spacial score (nSPS) is 10.7. The van der Waals surface area contributed by atoms with E-state index in [1.165, 1.54) is 11.9 Å². The molecule has 0 aromatic carbocycles. The molecule has 1 N–H and O–H groups in total. The van der Waals surface area contributed by atoms with Gasteiger partial charge in [-0.1, -0.05) is 11.6 Å². The second-order valence-corrected chi connectivity index (χ2v) is 5.01. The minimum absolute atomic E-state index is 0.186. The first-order chi connectivity index (χ1) is 9.06. The van der Waals surface area contributed by atoms with Crippen LogP contribution < -0.4 is 5.32 Å². The average Bonchev–Trinajstić information content (AvgIpc) is 2.67. The number of halogens is 2. The van der Waals surface area contributed by atoms with Gasteiger partial charge in [-0.3, -0.25) is 4.68 Å². The first-order valence-electron chi connectivity index (χ1n) is 5.99. The highest BCUT2D eigenvalue weighted by atomic mass is 35.5. The predicted octanol–water partition coefficient (Wildman–Crippen LogP) is 3.10. The van der Waals surface area contributed by atoms with Gasteiger partial charge >= 0.3 is 0 Å². The van der Waals surface area contributed by atoms with E-state index in [-0.39, 0.29) is 5.28 Å². The molecular formula is C12H15Cl2N5. The van der Waals surface area contributed by atoms with Gasteiger partial charge in [-0.25, -0.2) is 4.98 Å². The second kappa shape index (κ2) is 6.21. The Kier molecular flexibility index (Phi) is 4.61. The largest absolute Gasteiger partial charge is 0.369 e. The maximum absolute atomic E-state index is 5.96. The summed E-state index contributed by atoms with van der Waals surface area (Å²) in [4.78, 5) is 7.83. The highest BCUT2D eigenvalue weighted by Gasteiger charge is 2.04. The van der Waals surface area contributed by atoms with Crippen LogP contribution in [0.3, 0.4) is 0 Å². The van der Waals surface area contributed by atoms with Gasteiger partial charge in [0.05, 0.1) is 11.9 Å². The Morgan fingerprint density at radius 1 is 1.32 bits per heavy atom. The maximum atomic E-state index is 5.96. The Morgan fingerprint density at radius 3 is 2.79 bits per heavy atom. The van der Waals surface area contributed by atoms with Crippen LogP contribution in [0.5, 0.6) is 0 Å². The van der Waals surface area contributed by atoms with Gasteiger partial charge in [-0.2, -0.15) is 10.1 Å². The number of hydrogen-bond donors (Lipinski definition) is 1. The fraction of sp³-hybridized carbons (Fsp3) is 0.417. The highest BCUT2D eigenvalue weighted by molar-refractivity contribution is 6.33. The summed E-state index contributed by atoms with van der Waals surface area (Å²) in [6.07, 6.45) is 2.40. The van der Waals surface area contributed by atoms with E-state index in [1.54, 1.807) is 0 Å². The van der Waals surface area contributed by atoms with Gasteiger partial charge in [0.15, 0.2) is 0 Å². The number of rotatable bonds is 5. The third-order valence-corrected chi connectivity index (χ3v) is 3.12. The van der Waals surface area contributed by atoms with Crippen LogP contribution in [0.4, 0.5) is 5.82 Å². The van der Waals surface area contributed by atoms with Crippen molar-refractivity contribution >= 4 is 29.0 Å². The van der Waals surface area contributed by atoms with Crippen LogP contribution in [-0.4, -0.2) is 26.3 Å². The number of nitrogens with zero attached hydrogens (tertiary/aromatic N) is 4. The number of aromatic nitrogens is 4. The monoisotopic (exact) mass is 299 g/mol. The van der Waals surface area contributed by atoms with Gasteiger partial charge in [-0.15, -0.1) is 0 Å². The molecule has 5 nitrogen and oxygen atoms in total. The van der Waals surface area contributed by atoms with Crippen molar-refractivity contribution in [3.63, 3.8) is 0 Å². The van der Waals surface area contributed by atoms with Crippen molar-refractivity contribution in [2.45, 2.75) is 26.8 Å². The molecule has 2 aromatic rings. The molecule has 0 bridgehead atoms. The molecule has 0 unspecified atom stereocenters. The summed E-state index contributed by atoms with van der Waals surface area (Å²) < 4.78 is 1.99. The number of aryl methyl sites for hydroxylation is 3. The van der Waals surface area contributed by atoms with E-state index in [4.69, 9.17) is 23.2 Å². The van der Waals surface area contributed by atoms with Crippen LogP contribution >= 0.6 is 23.2 Å². The lowest BCUT2D eigenvalue weighted by Crippen LogP contribution is -2.10. The summed E-state index contributed by atoms with van der Waals surface area (Å²) in [5.41, 5.74) is 2.21. The molecule has 0 saturated heterocycles. The Bertz CT molecular complexity index is 567. The lowest BCUT2D eigenvalue weighted by atomic mass is 10.4. The molecule has 0 radical (unpaired) electrons. The van der Waals surface area contributed by atoms with Crippen molar-refractivity contribution in [2.75, 3.05) is 11.9 Å². The van der Waals surface area contributed by atoms with E-state index in [2.05, 4.69) is 33.4 Å². The van der Waals surface area contributed by atoms with E-state index in [9.17, 15) is 0 Å². The van der Waals surface area contributed by atoms with E-state index in [1.807, 2.05) is 11.6 Å². The van der Waals surface area contributed by atoms with Crippen LogP contribution in [0, 0.1) is 13.8 Å². The van der Waals surface area contributed by atoms with Gasteiger partial charge in [0, 0.05) is 18.8 Å². The van der Waals surface area contributed by atoms with Crippen molar-refractivity contribution in [3.8, 4) is 0 Å². The highest BCUT2D eigenvalue weighted by Crippen LogP contribution is 2.19. The molecule has 0 atom stereocenters. The molecule has 2 aromatic heterocycles. The Balaban J connectivity index is 1.84. The zero-order valence-electron chi connectivity index (χ0n) is 10.8. The summed E-state index contributed by atoms with van der Waals surface area (Å²) in [6, 6.07) is 2.06. The van der Waals surface area contributed by atoms with E-state index in [0.29, 0.717) is 10.8 Å². The molecule has 0 aliphatic heterocycles. The maximum Gasteiger partial charge on any atom is 0.224 e. The molecule has 0 amide bonds. The fourth-order valence-corrected chi connectivity index (χ4v) is 2.10. The Hall–Kier alpha value is -1.33. The zero-order chi connectivity index (χ0) is 13.8. The standard InChI is InChI=1S/C12H15Cl2N5/c1-8-6-9(2)19(18-8)5-3-4-15-11-10(13)7-16-12(14)17-11/h6-7H,3-5H2,1-2H3,(H,15,16,17). The SMILES string of the molecule is Cc1cc(C)n(CCCNc2nc(Cl)ncc2Cl)n1. The molecular weight excluding hydrogens is 285 g/mol. The third-order valence-electron chi connectivity index (χ3n) is 2.66. The van der Waals surface area contributed by atoms with Gasteiger partial charge in [0.1, 0.15) is 10.8 Å². The molecule has 102 valence electrons. The van der Waals surface area contributed by atoms with Gasteiger partial charge in [0.25, 0.3) is 0 Å². The first-order valence-corrected chi connectivity index (χ1v) is 6.75. The third kappa shape index (κ3) is 3.81. The summed E-state index contributed by atoms with van der Waals surface area (Å²) in [5.74, 6) is 0.565. The molecule has 0 aliphatic carbocycles. The molecule has 0 fully saturated rings. The van der Waals surface area contributed by atoms with Crippen molar-refractivity contribution in [1.29, 1.82) is 0 Å². The Labute approximate surface area is 122 Å². The number of nitrogens with one attached hydrogen (secondary N) is 1. The molecule has 0 spiro atoms. The smallest absolute Gasteiger partial charge is 0.224 e. The van der Waals surface area contributed by atoms with Gasteiger partial charge < -0.3 is 5.32 Å². The summed E-state index contributed by atoms with van der Waals surface area (Å²) in [7, 11) is 0. The second-order valence-electron chi connectivity index (χ2n) is 4.27. The molecule has 7 heteroatoms. The summed E-state index contributed by atoms with van der Waals surface area (Å²) >= 11 is 11.7. The van der Waals surface area contributed by atoms with Crippen LogP contribution in [0.25, 0.3) is 0 Å². The molecule has 2 rings (SSSR count). The lowest BCUT2D eigenvalue weighted by Gasteiger charge is -2.08. The van der Waals surface area contributed by atoms with Crippen LogP contribution in [0.2, 0.25) is 10.3 Å². The average molecular weight is 300 g/mol. The minimum Gasteiger partial charge on any atom is -0.369 e. The van der Waals surface area contributed by atoms with Crippen LogP contribution in [-0.2, 0) is 6.54 Å². The summed E-state index contributed by atoms with van der Waals surface area (Å²) in [5, 5.41) is 8.20. The van der Waals surface area contributed by atoms with E-state index < -0.39 is 0 Å². The van der Waals surface area contributed by atoms with E-state index >= 15 is 0 Å². The molecule has 0 saturated carbocycles. The summed E-state index contributed by atoms with van der Waals surface area (Å²) in [6.45, 7) is 5.63. The molecule has 0 aliphatic rings. The quantitative estimate of drug-likeness (QED) is 0.681. The predicted molar refractivity (Wildman–Crippen MR) is 76.9 cm³/mol. The Morgan fingerprint density at radius 2 is 2.11 bits per heavy atom. The van der Waals surface area contributed by atoms with Crippen molar-refractivity contribution in [1.82, 2.24) is 19.7 Å². The van der Waals surface area contributed by atoms with E-state index in [0.717, 1.165) is 25.2 Å². The van der Waals surface area contributed by atoms with Gasteiger partial charge in [0.2, 0.25) is 5.28 Å². The number of hydrogen-bond acceptors (Lipinski definition) is 4. The number of anilines is 1. The van der Waals surface area contributed by atoms with Crippen molar-refractivity contribution < 1.29 is 0 Å². The van der Waals surface area contributed by atoms with Gasteiger partial charge in [-0.05, 0) is 37.9 Å². The topological polar surface area (TPSA) is 55.6 Å². The molecule has 19 heavy (non-hydrogen) atoms. The lowest BCUT2D eigenvalue weighted by molar-refractivity contribution is 0.573. The van der Waals surface area contributed by atoms with Crippen LogP contribution in [0.1, 0.15) is 17.8 Å². The zero-order valence-corrected chi connectivity index (χ0v) is 12.3. The first kappa shape index (κ1) is 14.1. The van der Waals surface area contributed by atoms with Crippen molar-refractivity contribution in [3.05, 3.63) is 34.0 Å². The minimum atomic E-state index is 0.186. The molecule has 2 heterocycles. The van der Waals surface area contributed by atoms with Crippen molar-refractivity contribution in [2.24, 2.45) is 0 Å². The van der Waals surface area contributed by atoms with Crippen LogP contribution in [0.15, 0.2) is 12.3 Å².